The van der Waals surface area contributed by atoms with Crippen LogP contribution in [0.25, 0.3) is 0 Å². The van der Waals surface area contributed by atoms with Gasteiger partial charge in [0.1, 0.15) is 5.75 Å². The molecule has 4 nitrogen and oxygen atoms in total. The number of nitrogens with one attached hydrogen (secondary N) is 1. The van der Waals surface area contributed by atoms with E-state index in [1.165, 1.54) is 0 Å². The quantitative estimate of drug-likeness (QED) is 0.856. The van der Waals surface area contributed by atoms with E-state index in [0.717, 1.165) is 17.0 Å². The molecule has 0 aliphatic rings. The number of nitrogens with two attached hydrogens (primary N) is 1. The Kier molecular flexibility index (Phi) is 5.35. The lowest BCUT2D eigenvalue weighted by Gasteiger charge is -2.15. The van der Waals surface area contributed by atoms with Crippen LogP contribution in [0.1, 0.15) is 5.56 Å². The van der Waals surface area contributed by atoms with Crippen molar-refractivity contribution in [2.45, 2.75) is 6.42 Å². The van der Waals surface area contributed by atoms with Crippen LogP contribution < -0.4 is 15.8 Å². The molecule has 1 atom stereocenters. The van der Waals surface area contributed by atoms with Crippen LogP contribution in [0, 0.1) is 5.92 Å². The lowest BCUT2D eigenvalue weighted by atomic mass is 9.98. The van der Waals surface area contributed by atoms with Gasteiger partial charge in [0.05, 0.1) is 13.0 Å². The van der Waals surface area contributed by atoms with Gasteiger partial charge in [0.2, 0.25) is 5.91 Å². The molecule has 1 unspecified atom stereocenters. The Balaban J connectivity index is 1.99. The molecule has 0 aliphatic carbocycles. The zero-order valence-electron chi connectivity index (χ0n) is 12.1. The van der Waals surface area contributed by atoms with Crippen LogP contribution in [-0.4, -0.2) is 19.6 Å². The molecule has 0 saturated heterocycles. The Bertz CT molecular complexity index is 567. The minimum Gasteiger partial charge on any atom is -0.497 e. The van der Waals surface area contributed by atoms with Gasteiger partial charge in [0.15, 0.2) is 0 Å². The Morgan fingerprint density at radius 1 is 1.14 bits per heavy atom. The third-order valence-corrected chi connectivity index (χ3v) is 3.34. The molecular formula is C17H20N2O2. The van der Waals surface area contributed by atoms with Gasteiger partial charge in [-0.15, -0.1) is 0 Å². The van der Waals surface area contributed by atoms with Crippen molar-refractivity contribution < 1.29 is 9.53 Å². The third kappa shape index (κ3) is 4.33. The SMILES string of the molecule is COc1ccc(NC(=O)C(CN)Cc2ccccc2)cc1. The van der Waals surface area contributed by atoms with Crippen molar-refractivity contribution in [3.8, 4) is 5.75 Å². The number of rotatable bonds is 6. The van der Waals surface area contributed by atoms with Gasteiger partial charge in [-0.25, -0.2) is 0 Å². The molecule has 21 heavy (non-hydrogen) atoms. The second-order valence-electron chi connectivity index (χ2n) is 4.84. The second kappa shape index (κ2) is 7.45. The first-order chi connectivity index (χ1) is 10.2. The van der Waals surface area contributed by atoms with Crippen LogP contribution in [0.4, 0.5) is 5.69 Å². The molecule has 0 bridgehead atoms. The summed E-state index contributed by atoms with van der Waals surface area (Å²) in [6, 6.07) is 17.1. The van der Waals surface area contributed by atoms with Gasteiger partial charge in [-0.05, 0) is 36.2 Å². The molecule has 0 fully saturated rings. The molecule has 0 aromatic heterocycles. The van der Waals surface area contributed by atoms with Crippen LogP contribution in [0.2, 0.25) is 0 Å². The van der Waals surface area contributed by atoms with E-state index >= 15 is 0 Å². The minimum atomic E-state index is -0.241. The van der Waals surface area contributed by atoms with E-state index in [4.69, 9.17) is 10.5 Å². The predicted molar refractivity (Wildman–Crippen MR) is 84.3 cm³/mol. The second-order valence-corrected chi connectivity index (χ2v) is 4.84. The monoisotopic (exact) mass is 284 g/mol. The van der Waals surface area contributed by atoms with Gasteiger partial charge in [-0.2, -0.15) is 0 Å². The maximum atomic E-state index is 12.3. The zero-order valence-corrected chi connectivity index (χ0v) is 12.1. The van der Waals surface area contributed by atoms with Crippen LogP contribution in [0.5, 0.6) is 5.75 Å². The highest BCUT2D eigenvalue weighted by atomic mass is 16.5. The standard InChI is InChI=1S/C17H20N2O2/c1-21-16-9-7-15(8-10-16)19-17(20)14(12-18)11-13-5-3-2-4-6-13/h2-10,14H,11-12,18H2,1H3,(H,19,20). The van der Waals surface area contributed by atoms with Gasteiger partial charge >= 0.3 is 0 Å². The summed E-state index contributed by atoms with van der Waals surface area (Å²) in [5.41, 5.74) is 7.59. The largest absolute Gasteiger partial charge is 0.497 e. The first-order valence-corrected chi connectivity index (χ1v) is 6.92. The van der Waals surface area contributed by atoms with E-state index in [0.29, 0.717) is 13.0 Å². The molecule has 4 heteroatoms. The molecule has 1 amide bonds. The maximum absolute atomic E-state index is 12.3. The summed E-state index contributed by atoms with van der Waals surface area (Å²) in [7, 11) is 1.61. The number of hydrogen-bond acceptors (Lipinski definition) is 3. The lowest BCUT2D eigenvalue weighted by Crippen LogP contribution is -2.30. The van der Waals surface area contributed by atoms with Crippen LogP contribution in [-0.2, 0) is 11.2 Å². The Morgan fingerprint density at radius 3 is 2.38 bits per heavy atom. The summed E-state index contributed by atoms with van der Waals surface area (Å²) in [4.78, 5) is 12.3. The Morgan fingerprint density at radius 2 is 1.81 bits per heavy atom. The summed E-state index contributed by atoms with van der Waals surface area (Å²) in [6.07, 6.45) is 0.638. The number of anilines is 1. The van der Waals surface area contributed by atoms with E-state index in [2.05, 4.69) is 5.32 Å². The smallest absolute Gasteiger partial charge is 0.229 e. The molecule has 0 saturated carbocycles. The van der Waals surface area contributed by atoms with Crippen LogP contribution >= 0.6 is 0 Å². The molecule has 3 N–H and O–H groups in total. The average molecular weight is 284 g/mol. The molecular weight excluding hydrogens is 264 g/mol. The van der Waals surface area contributed by atoms with Gasteiger partial charge < -0.3 is 15.8 Å². The van der Waals surface area contributed by atoms with E-state index < -0.39 is 0 Å². The Labute approximate surface area is 124 Å². The highest BCUT2D eigenvalue weighted by Crippen LogP contribution is 2.16. The summed E-state index contributed by atoms with van der Waals surface area (Å²) < 4.78 is 5.09. The minimum absolute atomic E-state index is 0.0634. The maximum Gasteiger partial charge on any atom is 0.229 e. The molecule has 0 spiro atoms. The highest BCUT2D eigenvalue weighted by molar-refractivity contribution is 5.92. The lowest BCUT2D eigenvalue weighted by molar-refractivity contribution is -0.119. The molecule has 110 valence electrons. The molecule has 0 heterocycles. The van der Waals surface area contributed by atoms with Gasteiger partial charge in [0.25, 0.3) is 0 Å². The van der Waals surface area contributed by atoms with Crippen molar-refractivity contribution in [2.24, 2.45) is 11.7 Å². The third-order valence-electron chi connectivity index (χ3n) is 3.34. The number of carbonyl (C=O) groups is 1. The number of methoxy groups -OCH3 is 1. The Hall–Kier alpha value is -2.33. The highest BCUT2D eigenvalue weighted by Gasteiger charge is 2.17. The molecule has 0 aliphatic heterocycles. The molecule has 2 rings (SSSR count). The van der Waals surface area contributed by atoms with Crippen molar-refractivity contribution in [1.82, 2.24) is 0 Å². The summed E-state index contributed by atoms with van der Waals surface area (Å²) in [5, 5.41) is 2.89. The van der Waals surface area contributed by atoms with E-state index in [1.54, 1.807) is 7.11 Å². The van der Waals surface area contributed by atoms with Crippen molar-refractivity contribution in [3.05, 3.63) is 60.2 Å². The summed E-state index contributed by atoms with van der Waals surface area (Å²) >= 11 is 0. The number of amides is 1. The van der Waals surface area contributed by atoms with Gasteiger partial charge in [0, 0.05) is 12.2 Å². The van der Waals surface area contributed by atoms with E-state index in [9.17, 15) is 4.79 Å². The zero-order chi connectivity index (χ0) is 15.1. The summed E-state index contributed by atoms with van der Waals surface area (Å²) in [5.74, 6) is 0.452. The number of ether oxygens (including phenoxy) is 1. The molecule has 2 aromatic rings. The van der Waals surface area contributed by atoms with Gasteiger partial charge in [-0.1, -0.05) is 30.3 Å². The molecule has 0 radical (unpaired) electrons. The van der Waals surface area contributed by atoms with Crippen molar-refractivity contribution >= 4 is 11.6 Å². The number of benzene rings is 2. The first-order valence-electron chi connectivity index (χ1n) is 6.92. The average Bonchev–Trinajstić information content (AvgIpc) is 2.54. The van der Waals surface area contributed by atoms with Gasteiger partial charge in [-0.3, -0.25) is 4.79 Å². The number of hydrogen-bond donors (Lipinski definition) is 2. The first kappa shape index (κ1) is 15.1. The van der Waals surface area contributed by atoms with E-state index in [-0.39, 0.29) is 11.8 Å². The fourth-order valence-corrected chi connectivity index (χ4v) is 2.10. The normalized spacial score (nSPS) is 11.7. The van der Waals surface area contributed by atoms with Crippen molar-refractivity contribution in [2.75, 3.05) is 19.0 Å². The predicted octanol–water partition coefficient (Wildman–Crippen LogP) is 2.45. The van der Waals surface area contributed by atoms with Crippen LogP contribution in [0.15, 0.2) is 54.6 Å². The molecule has 2 aromatic carbocycles. The fourth-order valence-electron chi connectivity index (χ4n) is 2.10. The summed E-state index contributed by atoms with van der Waals surface area (Å²) in [6.45, 7) is 0.316. The van der Waals surface area contributed by atoms with Crippen molar-refractivity contribution in [1.29, 1.82) is 0 Å². The topological polar surface area (TPSA) is 64.3 Å². The van der Waals surface area contributed by atoms with E-state index in [1.807, 2.05) is 54.6 Å². The fraction of sp³-hybridized carbons (Fsp3) is 0.235. The number of carbonyl (C=O) groups excluding carboxylic acids is 1. The van der Waals surface area contributed by atoms with Crippen molar-refractivity contribution in [3.63, 3.8) is 0 Å². The van der Waals surface area contributed by atoms with Crippen LogP contribution in [0.3, 0.4) is 0 Å².